The van der Waals surface area contributed by atoms with Crippen LogP contribution in [0.1, 0.15) is 18.9 Å². The zero-order valence-corrected chi connectivity index (χ0v) is 14.7. The quantitative estimate of drug-likeness (QED) is 0.460. The predicted molar refractivity (Wildman–Crippen MR) is 99.7 cm³/mol. The molecule has 140 valence electrons. The first kappa shape index (κ1) is 18.4. The summed E-state index contributed by atoms with van der Waals surface area (Å²) >= 11 is 0. The van der Waals surface area contributed by atoms with Crippen molar-refractivity contribution >= 4 is 28.9 Å². The van der Waals surface area contributed by atoms with Crippen LogP contribution in [0.2, 0.25) is 0 Å². The number of hydrogen-bond donors (Lipinski definition) is 2. The third-order valence-electron chi connectivity index (χ3n) is 4.47. The molecule has 2 amide bonds. The predicted octanol–water partition coefficient (Wildman–Crippen LogP) is 2.85. The fourth-order valence-corrected chi connectivity index (χ4v) is 3.02. The average Bonchev–Trinajstić information content (AvgIpc) is 2.89. The van der Waals surface area contributed by atoms with E-state index in [0.717, 1.165) is 10.5 Å². The Morgan fingerprint density at radius 3 is 2.52 bits per heavy atom. The molecule has 1 heterocycles. The van der Waals surface area contributed by atoms with Crippen molar-refractivity contribution in [3.05, 3.63) is 58.1 Å². The molecule has 2 aromatic carbocycles. The number of nitrogens with one attached hydrogen (secondary N) is 1. The highest BCUT2D eigenvalue weighted by atomic mass is 16.6. The minimum Gasteiger partial charge on any atom is -0.508 e. The van der Waals surface area contributed by atoms with Crippen LogP contribution in [-0.2, 0) is 16.0 Å². The standard InChI is InChI=1S/C19H19N3O5/c1-12-10-18(24)21(19(12)25)14-4-7-16(17(11-14)22(26)27)20-9-8-13-2-5-15(23)6-3-13/h2-7,11-12,20,23H,8-10H2,1H3/t12-/m0/s1. The number of anilines is 2. The number of phenols is 1. The van der Waals surface area contributed by atoms with Crippen LogP contribution in [0.25, 0.3) is 0 Å². The molecule has 8 nitrogen and oxygen atoms in total. The first-order valence-electron chi connectivity index (χ1n) is 8.54. The van der Waals surface area contributed by atoms with Gasteiger partial charge in [0, 0.05) is 24.9 Å². The molecule has 2 aromatic rings. The van der Waals surface area contributed by atoms with Crippen molar-refractivity contribution in [1.29, 1.82) is 0 Å². The number of amides is 2. The lowest BCUT2D eigenvalue weighted by atomic mass is 10.1. The Labute approximate surface area is 155 Å². The molecule has 2 N–H and O–H groups in total. The molecule has 0 aromatic heterocycles. The van der Waals surface area contributed by atoms with Crippen molar-refractivity contribution < 1.29 is 19.6 Å². The van der Waals surface area contributed by atoms with E-state index in [1.807, 2.05) is 0 Å². The van der Waals surface area contributed by atoms with Gasteiger partial charge in [-0.25, -0.2) is 0 Å². The molecule has 0 radical (unpaired) electrons. The number of rotatable bonds is 6. The summed E-state index contributed by atoms with van der Waals surface area (Å²) in [6.45, 7) is 2.11. The number of phenolic OH excluding ortho intramolecular Hbond substituents is 1. The lowest BCUT2D eigenvalue weighted by Gasteiger charge is -2.15. The van der Waals surface area contributed by atoms with Crippen molar-refractivity contribution in [2.45, 2.75) is 19.8 Å². The van der Waals surface area contributed by atoms with Crippen LogP contribution in [0.4, 0.5) is 17.1 Å². The second-order valence-electron chi connectivity index (χ2n) is 6.47. The molecule has 3 rings (SSSR count). The summed E-state index contributed by atoms with van der Waals surface area (Å²) in [6, 6.07) is 11.0. The Kier molecular flexibility index (Phi) is 5.07. The first-order chi connectivity index (χ1) is 12.9. The van der Waals surface area contributed by atoms with Crippen molar-refractivity contribution in [1.82, 2.24) is 0 Å². The third-order valence-corrected chi connectivity index (χ3v) is 4.47. The van der Waals surface area contributed by atoms with E-state index in [0.29, 0.717) is 18.7 Å². The molecule has 0 unspecified atom stereocenters. The normalized spacial score (nSPS) is 16.6. The van der Waals surface area contributed by atoms with Crippen molar-refractivity contribution in [2.75, 3.05) is 16.8 Å². The number of nitro groups is 1. The highest BCUT2D eigenvalue weighted by Crippen LogP contribution is 2.33. The van der Waals surface area contributed by atoms with Crippen LogP contribution in [0.3, 0.4) is 0 Å². The van der Waals surface area contributed by atoms with Crippen LogP contribution in [0.15, 0.2) is 42.5 Å². The number of hydrogen-bond acceptors (Lipinski definition) is 6. The van der Waals surface area contributed by atoms with Gasteiger partial charge in [-0.2, -0.15) is 0 Å². The number of carbonyl (C=O) groups is 2. The van der Waals surface area contributed by atoms with Gasteiger partial charge in [-0.15, -0.1) is 0 Å². The van der Waals surface area contributed by atoms with Crippen molar-refractivity contribution in [3.8, 4) is 5.75 Å². The molecule has 1 saturated heterocycles. The van der Waals surface area contributed by atoms with Crippen LogP contribution >= 0.6 is 0 Å². The number of aromatic hydroxyl groups is 1. The first-order valence-corrected chi connectivity index (χ1v) is 8.54. The second-order valence-corrected chi connectivity index (χ2v) is 6.47. The van der Waals surface area contributed by atoms with Gasteiger partial charge in [-0.05, 0) is 36.2 Å². The topological polar surface area (TPSA) is 113 Å². The van der Waals surface area contributed by atoms with Gasteiger partial charge in [-0.3, -0.25) is 24.6 Å². The van der Waals surface area contributed by atoms with Crippen molar-refractivity contribution in [3.63, 3.8) is 0 Å². The maximum atomic E-state index is 12.1. The van der Waals surface area contributed by atoms with E-state index in [1.165, 1.54) is 18.2 Å². The minimum atomic E-state index is -0.541. The molecule has 1 aliphatic rings. The Hall–Kier alpha value is -3.42. The fraction of sp³-hybridized carbons (Fsp3) is 0.263. The van der Waals surface area contributed by atoms with Gasteiger partial charge in [-0.1, -0.05) is 19.1 Å². The average molecular weight is 369 g/mol. The number of nitrogens with zero attached hydrogens (tertiary/aromatic N) is 2. The van der Waals surface area contributed by atoms with Gasteiger partial charge >= 0.3 is 0 Å². The Morgan fingerprint density at radius 2 is 1.93 bits per heavy atom. The fourth-order valence-electron chi connectivity index (χ4n) is 3.02. The van der Waals surface area contributed by atoms with E-state index in [2.05, 4.69) is 5.32 Å². The SMILES string of the molecule is C[C@H]1CC(=O)N(c2ccc(NCCc3ccc(O)cc3)c([N+](=O)[O-])c2)C1=O. The van der Waals surface area contributed by atoms with E-state index in [9.17, 15) is 24.8 Å². The molecule has 0 saturated carbocycles. The second kappa shape index (κ2) is 7.45. The zero-order valence-electron chi connectivity index (χ0n) is 14.7. The highest BCUT2D eigenvalue weighted by Gasteiger charge is 2.37. The van der Waals surface area contributed by atoms with Gasteiger partial charge in [0.15, 0.2) is 0 Å². The smallest absolute Gasteiger partial charge is 0.294 e. The maximum Gasteiger partial charge on any atom is 0.294 e. The van der Waals surface area contributed by atoms with Gasteiger partial charge < -0.3 is 10.4 Å². The maximum absolute atomic E-state index is 12.1. The summed E-state index contributed by atoms with van der Waals surface area (Å²) < 4.78 is 0. The number of imide groups is 1. The van der Waals surface area contributed by atoms with Crippen molar-refractivity contribution in [2.24, 2.45) is 5.92 Å². The molecule has 1 aliphatic heterocycles. The lowest BCUT2D eigenvalue weighted by molar-refractivity contribution is -0.383. The zero-order chi connectivity index (χ0) is 19.6. The van der Waals surface area contributed by atoms with E-state index in [4.69, 9.17) is 0 Å². The molecular weight excluding hydrogens is 350 g/mol. The molecule has 8 heteroatoms. The number of carbonyl (C=O) groups excluding carboxylic acids is 2. The molecule has 27 heavy (non-hydrogen) atoms. The van der Waals surface area contributed by atoms with Gasteiger partial charge in [0.25, 0.3) is 5.69 Å². The Balaban J connectivity index is 1.76. The molecule has 0 spiro atoms. The Bertz CT molecular complexity index is 895. The van der Waals surface area contributed by atoms with E-state index in [-0.39, 0.29) is 35.4 Å². The van der Waals surface area contributed by atoms with E-state index < -0.39 is 10.8 Å². The Morgan fingerprint density at radius 1 is 1.22 bits per heavy atom. The summed E-state index contributed by atoms with van der Waals surface area (Å²) in [6.07, 6.45) is 0.721. The van der Waals surface area contributed by atoms with E-state index in [1.54, 1.807) is 31.2 Å². The molecule has 1 fully saturated rings. The largest absolute Gasteiger partial charge is 0.508 e. The monoisotopic (exact) mass is 369 g/mol. The third kappa shape index (κ3) is 3.89. The number of benzene rings is 2. The summed E-state index contributed by atoms with van der Waals surface area (Å²) in [4.78, 5) is 36.1. The van der Waals surface area contributed by atoms with Crippen LogP contribution < -0.4 is 10.2 Å². The summed E-state index contributed by atoms with van der Waals surface area (Å²) in [5.41, 5.74) is 1.31. The van der Waals surface area contributed by atoms with Gasteiger partial charge in [0.1, 0.15) is 11.4 Å². The van der Waals surface area contributed by atoms with Crippen LogP contribution in [0.5, 0.6) is 5.75 Å². The van der Waals surface area contributed by atoms with Crippen LogP contribution in [-0.4, -0.2) is 28.4 Å². The lowest BCUT2D eigenvalue weighted by Crippen LogP contribution is -2.30. The van der Waals surface area contributed by atoms with E-state index >= 15 is 0 Å². The van der Waals surface area contributed by atoms with Crippen LogP contribution in [0, 0.1) is 16.0 Å². The summed E-state index contributed by atoms with van der Waals surface area (Å²) in [7, 11) is 0. The van der Waals surface area contributed by atoms with Gasteiger partial charge in [0.2, 0.25) is 11.8 Å². The highest BCUT2D eigenvalue weighted by molar-refractivity contribution is 6.21. The summed E-state index contributed by atoms with van der Waals surface area (Å²) in [5, 5.41) is 23.7. The minimum absolute atomic E-state index is 0.110. The number of nitro benzene ring substituents is 1. The molecule has 0 aliphatic carbocycles. The molecule has 1 atom stereocenters. The molecular formula is C19H19N3O5. The summed E-state index contributed by atoms with van der Waals surface area (Å²) in [5.74, 6) is -0.935. The molecule has 0 bridgehead atoms. The van der Waals surface area contributed by atoms with Gasteiger partial charge in [0.05, 0.1) is 10.6 Å².